The van der Waals surface area contributed by atoms with E-state index in [-0.39, 0.29) is 0 Å². The Balaban J connectivity index is 1.59. The standard InChI is InChI=1S/C26H40N4O/c1-5-29(6-2)17-9-15-27-21-12-14-25-24(19-21)23-13-11-22(20-26(23)31-25)28-16-10-18-30(7-3)8-4/h11-14,19-20,27-28H,5-10,15-18H2,1-4H3. The number of anilines is 2. The maximum absolute atomic E-state index is 6.13. The Morgan fingerprint density at radius 2 is 1.19 bits per heavy atom. The molecular formula is C26H40N4O. The van der Waals surface area contributed by atoms with E-state index in [2.05, 4.69) is 84.5 Å². The summed E-state index contributed by atoms with van der Waals surface area (Å²) in [5.41, 5.74) is 4.18. The van der Waals surface area contributed by atoms with Gasteiger partial charge < -0.3 is 24.9 Å². The van der Waals surface area contributed by atoms with Gasteiger partial charge in [0.25, 0.3) is 0 Å². The zero-order valence-electron chi connectivity index (χ0n) is 19.8. The number of nitrogens with one attached hydrogen (secondary N) is 2. The average Bonchev–Trinajstić information content (AvgIpc) is 3.16. The summed E-state index contributed by atoms with van der Waals surface area (Å²) in [5.74, 6) is 0. The Bertz CT molecular complexity index is 928. The van der Waals surface area contributed by atoms with E-state index in [1.54, 1.807) is 0 Å². The van der Waals surface area contributed by atoms with Crippen molar-refractivity contribution in [2.45, 2.75) is 40.5 Å². The molecule has 0 atom stereocenters. The van der Waals surface area contributed by atoms with E-state index in [4.69, 9.17) is 4.42 Å². The summed E-state index contributed by atoms with van der Waals surface area (Å²) < 4.78 is 6.13. The zero-order valence-corrected chi connectivity index (χ0v) is 19.8. The van der Waals surface area contributed by atoms with Gasteiger partial charge in [-0.05, 0) is 82.4 Å². The number of benzene rings is 2. The van der Waals surface area contributed by atoms with Gasteiger partial charge >= 0.3 is 0 Å². The van der Waals surface area contributed by atoms with Crippen molar-refractivity contribution in [3.05, 3.63) is 36.4 Å². The van der Waals surface area contributed by atoms with E-state index in [0.717, 1.165) is 87.7 Å². The molecular weight excluding hydrogens is 384 g/mol. The van der Waals surface area contributed by atoms with Crippen LogP contribution in [-0.2, 0) is 0 Å². The van der Waals surface area contributed by atoms with Gasteiger partial charge in [-0.2, -0.15) is 0 Å². The van der Waals surface area contributed by atoms with E-state index in [1.807, 2.05) is 0 Å². The largest absolute Gasteiger partial charge is 0.456 e. The lowest BCUT2D eigenvalue weighted by atomic mass is 10.1. The number of hydrogen-bond donors (Lipinski definition) is 2. The van der Waals surface area contributed by atoms with Gasteiger partial charge in [-0.1, -0.05) is 27.7 Å². The third-order valence-electron chi connectivity index (χ3n) is 6.22. The fraction of sp³-hybridized carbons (Fsp3) is 0.538. The smallest absolute Gasteiger partial charge is 0.137 e. The van der Waals surface area contributed by atoms with Crippen LogP contribution in [-0.4, -0.2) is 62.2 Å². The lowest BCUT2D eigenvalue weighted by molar-refractivity contribution is 0.303. The molecule has 0 fully saturated rings. The summed E-state index contributed by atoms with van der Waals surface area (Å²) in [7, 11) is 0. The Hall–Kier alpha value is -2.24. The highest BCUT2D eigenvalue weighted by Gasteiger charge is 2.09. The van der Waals surface area contributed by atoms with E-state index in [0.29, 0.717) is 0 Å². The fourth-order valence-electron chi connectivity index (χ4n) is 4.15. The lowest BCUT2D eigenvalue weighted by Gasteiger charge is -2.18. The molecule has 0 aliphatic heterocycles. The SMILES string of the molecule is CCN(CC)CCCNc1ccc2c(c1)oc1ccc(NCCCN(CC)CC)cc12. The quantitative estimate of drug-likeness (QED) is 0.317. The topological polar surface area (TPSA) is 43.7 Å². The van der Waals surface area contributed by atoms with Gasteiger partial charge in [-0.3, -0.25) is 0 Å². The summed E-state index contributed by atoms with van der Waals surface area (Å²) in [4.78, 5) is 4.92. The highest BCUT2D eigenvalue weighted by molar-refractivity contribution is 6.06. The van der Waals surface area contributed by atoms with Gasteiger partial charge in [0.15, 0.2) is 0 Å². The van der Waals surface area contributed by atoms with Crippen LogP contribution in [0.2, 0.25) is 0 Å². The first kappa shape index (κ1) is 23.4. The number of fused-ring (bicyclic) bond motifs is 3. The van der Waals surface area contributed by atoms with Crippen molar-refractivity contribution in [1.29, 1.82) is 0 Å². The van der Waals surface area contributed by atoms with Crippen molar-refractivity contribution in [2.75, 3.05) is 63.0 Å². The highest BCUT2D eigenvalue weighted by atomic mass is 16.3. The predicted octanol–water partition coefficient (Wildman–Crippen LogP) is 5.87. The molecule has 170 valence electrons. The van der Waals surface area contributed by atoms with Gasteiger partial charge in [0, 0.05) is 41.3 Å². The first-order valence-electron chi connectivity index (χ1n) is 12.1. The van der Waals surface area contributed by atoms with E-state index >= 15 is 0 Å². The number of nitrogens with zero attached hydrogens (tertiary/aromatic N) is 2. The van der Waals surface area contributed by atoms with Gasteiger partial charge in [0.1, 0.15) is 11.2 Å². The van der Waals surface area contributed by atoms with Crippen molar-refractivity contribution in [1.82, 2.24) is 9.80 Å². The molecule has 2 aromatic carbocycles. The van der Waals surface area contributed by atoms with Crippen LogP contribution in [0.4, 0.5) is 11.4 Å². The van der Waals surface area contributed by atoms with Crippen LogP contribution < -0.4 is 10.6 Å². The number of furan rings is 1. The van der Waals surface area contributed by atoms with E-state index < -0.39 is 0 Å². The molecule has 0 amide bonds. The Labute approximate surface area is 187 Å². The first-order chi connectivity index (χ1) is 15.2. The summed E-state index contributed by atoms with van der Waals surface area (Å²) in [6.45, 7) is 17.6. The molecule has 5 heteroatoms. The maximum Gasteiger partial charge on any atom is 0.137 e. The summed E-state index contributed by atoms with van der Waals surface area (Å²) >= 11 is 0. The highest BCUT2D eigenvalue weighted by Crippen LogP contribution is 2.32. The zero-order chi connectivity index (χ0) is 22.1. The molecule has 0 saturated carbocycles. The van der Waals surface area contributed by atoms with Crippen molar-refractivity contribution < 1.29 is 4.42 Å². The molecule has 1 aromatic heterocycles. The van der Waals surface area contributed by atoms with E-state index in [1.165, 1.54) is 10.8 Å². The molecule has 1 heterocycles. The maximum atomic E-state index is 6.13. The van der Waals surface area contributed by atoms with E-state index in [9.17, 15) is 0 Å². The third kappa shape index (κ3) is 6.37. The molecule has 0 bridgehead atoms. The number of hydrogen-bond acceptors (Lipinski definition) is 5. The molecule has 2 N–H and O–H groups in total. The van der Waals surface area contributed by atoms with Crippen LogP contribution in [0.1, 0.15) is 40.5 Å². The minimum atomic E-state index is 0.947. The minimum absolute atomic E-state index is 0.947. The molecule has 0 aliphatic carbocycles. The average molecular weight is 425 g/mol. The third-order valence-corrected chi connectivity index (χ3v) is 6.22. The molecule has 0 aliphatic rings. The molecule has 3 rings (SSSR count). The molecule has 0 radical (unpaired) electrons. The van der Waals surface area contributed by atoms with Crippen LogP contribution >= 0.6 is 0 Å². The Kier molecular flexibility index (Phi) is 9.04. The monoisotopic (exact) mass is 424 g/mol. The summed E-state index contributed by atoms with van der Waals surface area (Å²) in [6, 6.07) is 12.9. The van der Waals surface area contributed by atoms with Crippen LogP contribution in [0.5, 0.6) is 0 Å². The van der Waals surface area contributed by atoms with Gasteiger partial charge in [0.2, 0.25) is 0 Å². The molecule has 3 aromatic rings. The summed E-state index contributed by atoms with van der Waals surface area (Å²) in [6.07, 6.45) is 2.29. The van der Waals surface area contributed by atoms with Crippen LogP contribution in [0.25, 0.3) is 21.9 Å². The second kappa shape index (κ2) is 12.0. The van der Waals surface area contributed by atoms with Crippen molar-refractivity contribution in [3.8, 4) is 0 Å². The second-order valence-corrected chi connectivity index (χ2v) is 8.14. The van der Waals surface area contributed by atoms with Gasteiger partial charge in [0.05, 0.1) is 0 Å². The van der Waals surface area contributed by atoms with Crippen LogP contribution in [0.15, 0.2) is 40.8 Å². The van der Waals surface area contributed by atoms with Crippen LogP contribution in [0.3, 0.4) is 0 Å². The molecule has 0 unspecified atom stereocenters. The number of rotatable bonds is 14. The Morgan fingerprint density at radius 3 is 1.77 bits per heavy atom. The first-order valence-corrected chi connectivity index (χ1v) is 12.1. The van der Waals surface area contributed by atoms with Gasteiger partial charge in [-0.15, -0.1) is 0 Å². The van der Waals surface area contributed by atoms with Crippen molar-refractivity contribution in [3.63, 3.8) is 0 Å². The molecule has 31 heavy (non-hydrogen) atoms. The van der Waals surface area contributed by atoms with Crippen molar-refractivity contribution >= 4 is 33.3 Å². The van der Waals surface area contributed by atoms with Gasteiger partial charge in [-0.25, -0.2) is 0 Å². The fourth-order valence-corrected chi connectivity index (χ4v) is 4.15. The molecule has 0 spiro atoms. The lowest BCUT2D eigenvalue weighted by Crippen LogP contribution is -2.25. The second-order valence-electron chi connectivity index (χ2n) is 8.14. The normalized spacial score (nSPS) is 11.8. The summed E-state index contributed by atoms with van der Waals surface area (Å²) in [5, 5.41) is 9.47. The Morgan fingerprint density at radius 1 is 0.645 bits per heavy atom. The van der Waals surface area contributed by atoms with Crippen molar-refractivity contribution in [2.24, 2.45) is 0 Å². The van der Waals surface area contributed by atoms with Crippen LogP contribution in [0, 0.1) is 0 Å². The predicted molar refractivity (Wildman–Crippen MR) is 136 cm³/mol. The molecule has 0 saturated heterocycles. The molecule has 5 nitrogen and oxygen atoms in total. The minimum Gasteiger partial charge on any atom is -0.456 e.